The molecule has 0 bridgehead atoms. The second kappa shape index (κ2) is 5.48. The minimum atomic E-state index is -0.483. The zero-order valence-corrected chi connectivity index (χ0v) is 14.4. The highest BCUT2D eigenvalue weighted by molar-refractivity contribution is 6.08. The Balaban J connectivity index is 2.02. The van der Waals surface area contributed by atoms with Gasteiger partial charge in [0.1, 0.15) is 6.17 Å². The van der Waals surface area contributed by atoms with Crippen LogP contribution in [0.2, 0.25) is 0 Å². The van der Waals surface area contributed by atoms with Gasteiger partial charge in [0.15, 0.2) is 0 Å². The highest BCUT2D eigenvalue weighted by atomic mass is 16.2. The van der Waals surface area contributed by atoms with E-state index in [1.165, 1.54) is 13.8 Å². The topological polar surface area (TPSA) is 56.4 Å². The highest BCUT2D eigenvalue weighted by Crippen LogP contribution is 2.48. The third kappa shape index (κ3) is 2.16. The number of H-pyrrole nitrogens is 1. The maximum absolute atomic E-state index is 12.5. The molecule has 5 heteroatoms. The number of rotatable bonds is 1. The number of aryl methyl sites for hydroxylation is 1. The lowest BCUT2D eigenvalue weighted by Crippen LogP contribution is -2.40. The molecule has 1 aliphatic rings. The van der Waals surface area contributed by atoms with E-state index in [9.17, 15) is 9.59 Å². The van der Waals surface area contributed by atoms with Crippen LogP contribution in [0.3, 0.4) is 0 Å². The number of para-hydroxylation sites is 3. The molecule has 0 saturated heterocycles. The summed E-state index contributed by atoms with van der Waals surface area (Å²) in [6, 6.07) is 15.5. The van der Waals surface area contributed by atoms with E-state index in [1.807, 2.05) is 55.5 Å². The van der Waals surface area contributed by atoms with Gasteiger partial charge in [-0.1, -0.05) is 30.3 Å². The van der Waals surface area contributed by atoms with Crippen molar-refractivity contribution in [2.24, 2.45) is 0 Å². The molecule has 4 rings (SSSR count). The fourth-order valence-electron chi connectivity index (χ4n) is 3.82. The number of nitrogens with zero attached hydrogens (tertiary/aromatic N) is 2. The number of hydrogen-bond acceptors (Lipinski definition) is 2. The van der Waals surface area contributed by atoms with Gasteiger partial charge in [0.25, 0.3) is 0 Å². The van der Waals surface area contributed by atoms with Crippen LogP contribution >= 0.6 is 0 Å². The summed E-state index contributed by atoms with van der Waals surface area (Å²) in [6.07, 6.45) is -0.483. The number of aromatic nitrogens is 1. The number of amides is 2. The van der Waals surface area contributed by atoms with E-state index >= 15 is 0 Å². The van der Waals surface area contributed by atoms with Crippen molar-refractivity contribution in [3.05, 3.63) is 59.8 Å². The van der Waals surface area contributed by atoms with Crippen molar-refractivity contribution in [1.29, 1.82) is 0 Å². The number of nitrogens with one attached hydrogen (secondary N) is 1. The minimum Gasteiger partial charge on any atom is -0.358 e. The Morgan fingerprint density at radius 1 is 0.880 bits per heavy atom. The Morgan fingerprint density at radius 3 is 1.96 bits per heavy atom. The van der Waals surface area contributed by atoms with Crippen LogP contribution in [0, 0.1) is 6.92 Å². The van der Waals surface area contributed by atoms with E-state index in [1.54, 1.807) is 9.80 Å². The van der Waals surface area contributed by atoms with E-state index < -0.39 is 6.17 Å². The molecule has 0 fully saturated rings. The van der Waals surface area contributed by atoms with E-state index in [2.05, 4.69) is 4.98 Å². The third-order valence-corrected chi connectivity index (χ3v) is 4.77. The van der Waals surface area contributed by atoms with Gasteiger partial charge in [0.2, 0.25) is 11.8 Å². The maximum Gasteiger partial charge on any atom is 0.225 e. The van der Waals surface area contributed by atoms with Gasteiger partial charge in [-0.25, -0.2) is 0 Å². The van der Waals surface area contributed by atoms with Gasteiger partial charge in [0.05, 0.1) is 11.4 Å². The summed E-state index contributed by atoms with van der Waals surface area (Å²) < 4.78 is 0. The van der Waals surface area contributed by atoms with Gasteiger partial charge in [-0.2, -0.15) is 0 Å². The van der Waals surface area contributed by atoms with Crippen molar-refractivity contribution < 1.29 is 9.59 Å². The van der Waals surface area contributed by atoms with Crippen LogP contribution in [-0.4, -0.2) is 16.8 Å². The fraction of sp³-hybridized carbons (Fsp3) is 0.200. The summed E-state index contributed by atoms with van der Waals surface area (Å²) in [7, 11) is 0. The molecular weight excluding hydrogens is 314 g/mol. The summed E-state index contributed by atoms with van der Waals surface area (Å²) >= 11 is 0. The predicted octanol–water partition coefficient (Wildman–Crippen LogP) is 3.89. The Hall–Kier alpha value is -3.08. The fourth-order valence-corrected chi connectivity index (χ4v) is 3.82. The van der Waals surface area contributed by atoms with Crippen LogP contribution < -0.4 is 9.80 Å². The average molecular weight is 333 g/mol. The molecule has 0 aliphatic carbocycles. The molecule has 5 nitrogen and oxygen atoms in total. The molecule has 1 N–H and O–H groups in total. The first-order chi connectivity index (χ1) is 12.0. The van der Waals surface area contributed by atoms with Crippen LogP contribution in [0.4, 0.5) is 11.4 Å². The zero-order valence-electron chi connectivity index (χ0n) is 14.4. The lowest BCUT2D eigenvalue weighted by molar-refractivity contribution is -0.118. The standard InChI is InChI=1S/C20H19N3O2/c1-12-19(15-8-4-5-9-16(15)21-12)20-22(13(2)24)17-10-6-7-11-18(17)23(20)14(3)25/h4-11,20-21H,1-3H3. The third-order valence-electron chi connectivity index (χ3n) is 4.77. The second-order valence-electron chi connectivity index (χ2n) is 6.35. The van der Waals surface area contributed by atoms with Gasteiger partial charge in [0, 0.05) is 36.0 Å². The van der Waals surface area contributed by atoms with Crippen LogP contribution in [0.1, 0.15) is 31.3 Å². The Labute approximate surface area is 145 Å². The van der Waals surface area contributed by atoms with Crippen LogP contribution in [0.15, 0.2) is 48.5 Å². The SMILES string of the molecule is CC(=O)N1c2ccccc2N(C(C)=O)C1c1c(C)[nH]c2ccccc12. The summed E-state index contributed by atoms with van der Waals surface area (Å²) in [5.74, 6) is -0.184. The summed E-state index contributed by atoms with van der Waals surface area (Å²) in [6.45, 7) is 5.06. The average Bonchev–Trinajstić information content (AvgIpc) is 3.08. The Kier molecular flexibility index (Phi) is 3.39. The number of carbonyl (C=O) groups excluding carboxylic acids is 2. The molecule has 0 saturated carbocycles. The number of carbonyl (C=O) groups is 2. The smallest absolute Gasteiger partial charge is 0.225 e. The van der Waals surface area contributed by atoms with E-state index in [4.69, 9.17) is 0 Å². The Morgan fingerprint density at radius 2 is 1.40 bits per heavy atom. The molecule has 0 spiro atoms. The predicted molar refractivity (Wildman–Crippen MR) is 98.5 cm³/mol. The lowest BCUT2D eigenvalue weighted by Gasteiger charge is -2.30. The highest BCUT2D eigenvalue weighted by Gasteiger charge is 2.42. The van der Waals surface area contributed by atoms with Gasteiger partial charge < -0.3 is 4.98 Å². The normalized spacial score (nSPS) is 14.2. The van der Waals surface area contributed by atoms with Crippen molar-refractivity contribution in [3.8, 4) is 0 Å². The van der Waals surface area contributed by atoms with E-state index in [-0.39, 0.29) is 11.8 Å². The first-order valence-electron chi connectivity index (χ1n) is 8.26. The molecule has 0 radical (unpaired) electrons. The molecule has 25 heavy (non-hydrogen) atoms. The summed E-state index contributed by atoms with van der Waals surface area (Å²) in [4.78, 5) is 31.8. The molecule has 2 amide bonds. The summed E-state index contributed by atoms with van der Waals surface area (Å²) in [5, 5.41) is 1.02. The van der Waals surface area contributed by atoms with Gasteiger partial charge >= 0.3 is 0 Å². The van der Waals surface area contributed by atoms with Crippen molar-refractivity contribution in [1.82, 2.24) is 4.98 Å². The molecule has 0 unspecified atom stereocenters. The quantitative estimate of drug-likeness (QED) is 0.734. The number of aromatic amines is 1. The van der Waals surface area contributed by atoms with Crippen LogP contribution in [0.5, 0.6) is 0 Å². The van der Waals surface area contributed by atoms with E-state index in [0.717, 1.165) is 33.5 Å². The monoisotopic (exact) mass is 333 g/mol. The molecule has 1 aromatic heterocycles. The van der Waals surface area contributed by atoms with Crippen molar-refractivity contribution in [2.45, 2.75) is 26.9 Å². The number of anilines is 2. The van der Waals surface area contributed by atoms with E-state index in [0.29, 0.717) is 0 Å². The van der Waals surface area contributed by atoms with Crippen LogP contribution in [-0.2, 0) is 9.59 Å². The van der Waals surface area contributed by atoms with Gasteiger partial charge in [-0.15, -0.1) is 0 Å². The number of hydrogen-bond donors (Lipinski definition) is 1. The molecular formula is C20H19N3O2. The number of fused-ring (bicyclic) bond motifs is 2. The van der Waals surface area contributed by atoms with Crippen molar-refractivity contribution in [2.75, 3.05) is 9.80 Å². The molecule has 2 heterocycles. The molecule has 126 valence electrons. The summed E-state index contributed by atoms with van der Waals surface area (Å²) in [5.41, 5.74) is 4.44. The molecule has 3 aromatic rings. The second-order valence-corrected chi connectivity index (χ2v) is 6.35. The van der Waals surface area contributed by atoms with Gasteiger partial charge in [-0.3, -0.25) is 19.4 Å². The van der Waals surface area contributed by atoms with Gasteiger partial charge in [-0.05, 0) is 25.1 Å². The Bertz CT molecular complexity index is 964. The zero-order chi connectivity index (χ0) is 17.7. The van der Waals surface area contributed by atoms with Crippen molar-refractivity contribution in [3.63, 3.8) is 0 Å². The number of benzene rings is 2. The lowest BCUT2D eigenvalue weighted by atomic mass is 10.1. The first kappa shape index (κ1) is 15.4. The largest absolute Gasteiger partial charge is 0.358 e. The van der Waals surface area contributed by atoms with Crippen molar-refractivity contribution >= 4 is 34.1 Å². The molecule has 2 aromatic carbocycles. The minimum absolute atomic E-state index is 0.0918. The maximum atomic E-state index is 12.5. The molecule has 1 aliphatic heterocycles. The first-order valence-corrected chi connectivity index (χ1v) is 8.26. The molecule has 0 atom stereocenters. The van der Waals surface area contributed by atoms with Crippen LogP contribution in [0.25, 0.3) is 10.9 Å².